The molecule has 0 saturated heterocycles. The predicted molar refractivity (Wildman–Crippen MR) is 56.6 cm³/mol. The molecule has 1 aromatic rings. The van der Waals surface area contributed by atoms with Crippen LogP contribution in [0.4, 0.5) is 0 Å². The highest BCUT2D eigenvalue weighted by Crippen LogP contribution is 2.15. The van der Waals surface area contributed by atoms with E-state index in [1.54, 1.807) is 20.8 Å². The molecule has 0 radical (unpaired) electrons. The number of nitrogens with one attached hydrogen (secondary N) is 1. The first-order chi connectivity index (χ1) is 7.35. The summed E-state index contributed by atoms with van der Waals surface area (Å²) in [6, 6.07) is 0. The van der Waals surface area contributed by atoms with E-state index in [4.69, 9.17) is 9.47 Å². The summed E-state index contributed by atoms with van der Waals surface area (Å²) in [5.41, 5.74) is -1.29. The van der Waals surface area contributed by atoms with E-state index in [1.165, 1.54) is 7.11 Å². The molecule has 0 aliphatic heterocycles. The molecule has 0 atom stereocenters. The third-order valence-electron chi connectivity index (χ3n) is 1.61. The van der Waals surface area contributed by atoms with Crippen LogP contribution in [0.5, 0.6) is 5.75 Å². The Kier molecular flexibility index (Phi) is 3.31. The van der Waals surface area contributed by atoms with Gasteiger partial charge in [-0.05, 0) is 20.8 Å². The molecule has 1 rings (SSSR count). The van der Waals surface area contributed by atoms with Crippen LogP contribution in [-0.4, -0.2) is 28.6 Å². The van der Waals surface area contributed by atoms with Gasteiger partial charge in [0.15, 0.2) is 5.69 Å². The van der Waals surface area contributed by atoms with E-state index in [-0.39, 0.29) is 11.4 Å². The summed E-state index contributed by atoms with van der Waals surface area (Å²) in [4.78, 5) is 29.0. The number of methoxy groups -OCH3 is 1. The monoisotopic (exact) mass is 226 g/mol. The number of aromatic amines is 1. The fourth-order valence-corrected chi connectivity index (χ4v) is 1.05. The van der Waals surface area contributed by atoms with Crippen LogP contribution in [0.2, 0.25) is 0 Å². The number of rotatable bonds is 2. The number of carbonyl (C=O) groups excluding carboxylic acids is 1. The molecule has 1 aromatic heterocycles. The Balaban J connectivity index is 3.09. The van der Waals surface area contributed by atoms with Crippen LogP contribution in [0.15, 0.2) is 11.1 Å². The molecule has 6 nitrogen and oxygen atoms in total. The zero-order chi connectivity index (χ0) is 12.3. The van der Waals surface area contributed by atoms with Crippen LogP contribution in [0.25, 0.3) is 0 Å². The van der Waals surface area contributed by atoms with Gasteiger partial charge in [0, 0.05) is 0 Å². The van der Waals surface area contributed by atoms with Crippen molar-refractivity contribution in [1.82, 2.24) is 9.97 Å². The quantitative estimate of drug-likeness (QED) is 0.752. The summed E-state index contributed by atoms with van der Waals surface area (Å²) in [5, 5.41) is 0. The maximum absolute atomic E-state index is 11.7. The fraction of sp³-hybridized carbons (Fsp3) is 0.500. The lowest BCUT2D eigenvalue weighted by Gasteiger charge is -2.19. The van der Waals surface area contributed by atoms with Crippen LogP contribution in [0.3, 0.4) is 0 Å². The zero-order valence-electron chi connectivity index (χ0n) is 9.66. The van der Waals surface area contributed by atoms with Crippen molar-refractivity contribution >= 4 is 5.97 Å². The number of aromatic nitrogens is 2. The van der Waals surface area contributed by atoms with Crippen LogP contribution in [-0.2, 0) is 4.74 Å². The van der Waals surface area contributed by atoms with E-state index in [2.05, 4.69) is 9.97 Å². The molecule has 0 aromatic carbocycles. The van der Waals surface area contributed by atoms with Gasteiger partial charge in [0.2, 0.25) is 5.75 Å². The van der Waals surface area contributed by atoms with Gasteiger partial charge < -0.3 is 14.5 Å². The van der Waals surface area contributed by atoms with E-state index in [0.29, 0.717) is 0 Å². The van der Waals surface area contributed by atoms with Crippen molar-refractivity contribution in [2.24, 2.45) is 0 Å². The summed E-state index contributed by atoms with van der Waals surface area (Å²) in [5.74, 6) is -0.827. The van der Waals surface area contributed by atoms with Crippen molar-refractivity contribution in [2.45, 2.75) is 26.4 Å². The third-order valence-corrected chi connectivity index (χ3v) is 1.61. The highest BCUT2D eigenvalue weighted by molar-refractivity contribution is 5.90. The second-order valence-corrected chi connectivity index (χ2v) is 4.12. The smallest absolute Gasteiger partial charge is 0.361 e. The molecule has 0 saturated carbocycles. The number of carbonyl (C=O) groups is 1. The summed E-state index contributed by atoms with van der Waals surface area (Å²) >= 11 is 0. The fourth-order valence-electron chi connectivity index (χ4n) is 1.05. The van der Waals surface area contributed by atoms with Gasteiger partial charge >= 0.3 is 5.97 Å². The molecular weight excluding hydrogens is 212 g/mol. The summed E-state index contributed by atoms with van der Waals surface area (Å²) in [6.07, 6.45) is 1.13. The highest BCUT2D eigenvalue weighted by atomic mass is 16.6. The first-order valence-corrected chi connectivity index (χ1v) is 4.70. The highest BCUT2D eigenvalue weighted by Gasteiger charge is 2.23. The average molecular weight is 226 g/mol. The Morgan fingerprint density at radius 3 is 2.56 bits per heavy atom. The van der Waals surface area contributed by atoms with Crippen LogP contribution >= 0.6 is 0 Å². The molecule has 1 heterocycles. The standard InChI is InChI=1S/C10H14N2O4/c1-10(2,3)16-9(14)6-7(15-4)8(13)12-5-11-6/h5H,1-4H3,(H,11,12,13). The Bertz CT molecular complexity index is 445. The number of esters is 1. The molecule has 0 unspecified atom stereocenters. The van der Waals surface area contributed by atoms with Crippen molar-refractivity contribution < 1.29 is 14.3 Å². The molecule has 0 aliphatic rings. The molecule has 16 heavy (non-hydrogen) atoms. The summed E-state index contributed by atoms with van der Waals surface area (Å²) in [7, 11) is 1.29. The minimum absolute atomic E-state index is 0.124. The van der Waals surface area contributed by atoms with Crippen LogP contribution in [0.1, 0.15) is 31.3 Å². The van der Waals surface area contributed by atoms with Gasteiger partial charge in [0.1, 0.15) is 5.60 Å². The van der Waals surface area contributed by atoms with Gasteiger partial charge in [0.25, 0.3) is 5.56 Å². The number of nitrogens with zero attached hydrogens (tertiary/aromatic N) is 1. The lowest BCUT2D eigenvalue weighted by atomic mass is 10.2. The molecule has 6 heteroatoms. The second-order valence-electron chi connectivity index (χ2n) is 4.12. The van der Waals surface area contributed by atoms with Gasteiger partial charge in [-0.2, -0.15) is 0 Å². The number of hydrogen-bond acceptors (Lipinski definition) is 5. The Hall–Kier alpha value is -1.85. The maximum Gasteiger partial charge on any atom is 0.361 e. The summed E-state index contributed by atoms with van der Waals surface area (Å²) < 4.78 is 9.89. The topological polar surface area (TPSA) is 81.3 Å². The normalized spacial score (nSPS) is 11.0. The van der Waals surface area contributed by atoms with Crippen LogP contribution < -0.4 is 10.3 Å². The van der Waals surface area contributed by atoms with Gasteiger partial charge in [-0.3, -0.25) is 4.79 Å². The Labute approximate surface area is 92.6 Å². The average Bonchev–Trinajstić information content (AvgIpc) is 2.14. The Morgan fingerprint density at radius 1 is 1.44 bits per heavy atom. The molecule has 1 N–H and O–H groups in total. The first-order valence-electron chi connectivity index (χ1n) is 4.70. The maximum atomic E-state index is 11.7. The van der Waals surface area contributed by atoms with E-state index in [1.807, 2.05) is 0 Å². The van der Waals surface area contributed by atoms with Crippen molar-refractivity contribution in [3.63, 3.8) is 0 Å². The SMILES string of the molecule is COc1c(C(=O)OC(C)(C)C)nc[nH]c1=O. The molecule has 88 valence electrons. The van der Waals surface area contributed by atoms with Gasteiger partial charge in [-0.25, -0.2) is 9.78 Å². The molecule has 0 amide bonds. The van der Waals surface area contributed by atoms with E-state index in [0.717, 1.165) is 6.33 Å². The van der Waals surface area contributed by atoms with Crippen LogP contribution in [0, 0.1) is 0 Å². The zero-order valence-corrected chi connectivity index (χ0v) is 9.66. The molecule has 0 fully saturated rings. The van der Waals surface area contributed by atoms with Gasteiger partial charge in [-0.1, -0.05) is 0 Å². The van der Waals surface area contributed by atoms with E-state index < -0.39 is 17.1 Å². The van der Waals surface area contributed by atoms with Crippen molar-refractivity contribution in [2.75, 3.05) is 7.11 Å². The lowest BCUT2D eigenvalue weighted by molar-refractivity contribution is 0.00589. The minimum Gasteiger partial charge on any atom is -0.489 e. The first kappa shape index (κ1) is 12.2. The molecule has 0 spiro atoms. The molecule has 0 aliphatic carbocycles. The Morgan fingerprint density at radius 2 is 2.06 bits per heavy atom. The van der Waals surface area contributed by atoms with E-state index in [9.17, 15) is 9.59 Å². The second kappa shape index (κ2) is 4.34. The van der Waals surface area contributed by atoms with Crippen molar-refractivity contribution in [3.8, 4) is 5.75 Å². The van der Waals surface area contributed by atoms with E-state index >= 15 is 0 Å². The predicted octanol–water partition coefficient (Wildman–Crippen LogP) is 0.734. The third kappa shape index (κ3) is 2.82. The lowest BCUT2D eigenvalue weighted by Crippen LogP contribution is -2.26. The molecule has 0 bridgehead atoms. The largest absolute Gasteiger partial charge is 0.489 e. The number of H-pyrrole nitrogens is 1. The minimum atomic E-state index is -0.685. The number of ether oxygens (including phenoxy) is 2. The van der Waals surface area contributed by atoms with Crippen molar-refractivity contribution in [1.29, 1.82) is 0 Å². The number of hydrogen-bond donors (Lipinski definition) is 1. The molecular formula is C10H14N2O4. The van der Waals surface area contributed by atoms with Crippen molar-refractivity contribution in [3.05, 3.63) is 22.4 Å². The summed E-state index contributed by atoms with van der Waals surface area (Å²) in [6.45, 7) is 5.18. The van der Waals surface area contributed by atoms with Gasteiger partial charge in [-0.15, -0.1) is 0 Å². The van der Waals surface area contributed by atoms with Gasteiger partial charge in [0.05, 0.1) is 13.4 Å².